The lowest BCUT2D eigenvalue weighted by Gasteiger charge is -2.28. The largest absolute Gasteiger partial charge is 0.447 e. The SMILES string of the molecule is C=Nn1cc(-c2[nH]c3ccc(C4CCC(NCc5cnco5)CC4)nc3c2C(C)C)c(C)c(C)/c1=N/C. The molecule has 4 aromatic rings. The van der Waals surface area contributed by atoms with E-state index in [-0.39, 0.29) is 0 Å². The van der Waals surface area contributed by atoms with E-state index in [4.69, 9.17) is 9.40 Å². The highest BCUT2D eigenvalue weighted by atomic mass is 16.3. The van der Waals surface area contributed by atoms with Crippen molar-refractivity contribution in [1.29, 1.82) is 0 Å². The number of H-pyrrole nitrogens is 1. The van der Waals surface area contributed by atoms with Crippen molar-refractivity contribution in [3.05, 3.63) is 64.6 Å². The molecule has 194 valence electrons. The summed E-state index contributed by atoms with van der Waals surface area (Å²) in [5.74, 6) is 1.67. The smallest absolute Gasteiger partial charge is 0.180 e. The van der Waals surface area contributed by atoms with Crippen LogP contribution in [0.3, 0.4) is 0 Å². The van der Waals surface area contributed by atoms with Crippen molar-refractivity contribution >= 4 is 17.8 Å². The summed E-state index contributed by atoms with van der Waals surface area (Å²) >= 11 is 0. The fourth-order valence-corrected chi connectivity index (χ4v) is 5.72. The van der Waals surface area contributed by atoms with Gasteiger partial charge in [-0.3, -0.25) is 9.98 Å². The number of aromatic nitrogens is 4. The summed E-state index contributed by atoms with van der Waals surface area (Å²) in [6, 6.07) is 4.92. The summed E-state index contributed by atoms with van der Waals surface area (Å²) in [5.41, 5.74) is 9.92. The maximum Gasteiger partial charge on any atom is 0.180 e. The lowest BCUT2D eigenvalue weighted by Crippen LogP contribution is -2.32. The van der Waals surface area contributed by atoms with Gasteiger partial charge in [-0.2, -0.15) is 5.10 Å². The van der Waals surface area contributed by atoms with Crippen molar-refractivity contribution in [2.75, 3.05) is 7.05 Å². The third-order valence-corrected chi connectivity index (χ3v) is 7.88. The Bertz CT molecular complexity index is 1470. The molecule has 0 saturated heterocycles. The number of rotatable bonds is 7. The number of nitrogens with zero attached hydrogens (tertiary/aromatic N) is 5. The van der Waals surface area contributed by atoms with Crippen LogP contribution in [0.15, 0.2) is 45.4 Å². The summed E-state index contributed by atoms with van der Waals surface area (Å²) in [4.78, 5) is 17.4. The molecule has 0 spiro atoms. The second kappa shape index (κ2) is 10.5. The first-order chi connectivity index (χ1) is 17.9. The first-order valence-corrected chi connectivity index (χ1v) is 13.2. The number of hydrogen-bond donors (Lipinski definition) is 2. The van der Waals surface area contributed by atoms with Gasteiger partial charge in [-0.15, -0.1) is 0 Å². The normalized spacial score (nSPS) is 18.7. The van der Waals surface area contributed by atoms with Crippen LogP contribution in [0.5, 0.6) is 0 Å². The molecular formula is C29H37N7O. The molecule has 8 nitrogen and oxygen atoms in total. The van der Waals surface area contributed by atoms with Crippen molar-refractivity contribution < 1.29 is 4.42 Å². The molecule has 4 aromatic heterocycles. The molecule has 5 rings (SSSR count). The predicted molar refractivity (Wildman–Crippen MR) is 148 cm³/mol. The standard InChI is InChI=1S/C29H37N7O/c1-17(2)26-27(23-15-36(31-6)29(30-5)19(4)18(23)3)35-25-12-11-24(34-28(25)26)20-7-9-21(10-8-20)33-14-22-13-32-16-37-22/h11-13,15-17,20-21,33,35H,6-10,14H2,1-5H3/b30-29-. The minimum atomic E-state index is 0.308. The molecule has 37 heavy (non-hydrogen) atoms. The minimum Gasteiger partial charge on any atom is -0.447 e. The fraction of sp³-hybridized carbons (Fsp3) is 0.448. The predicted octanol–water partition coefficient (Wildman–Crippen LogP) is 5.57. The zero-order chi connectivity index (χ0) is 26.1. The number of nitrogens with one attached hydrogen (secondary N) is 2. The molecule has 1 aliphatic rings. The summed E-state index contributed by atoms with van der Waals surface area (Å²) < 4.78 is 7.12. The summed E-state index contributed by atoms with van der Waals surface area (Å²) in [5, 5.41) is 7.82. The van der Waals surface area contributed by atoms with E-state index in [9.17, 15) is 0 Å². The lowest BCUT2D eigenvalue weighted by molar-refractivity contribution is 0.328. The second-order valence-electron chi connectivity index (χ2n) is 10.4. The summed E-state index contributed by atoms with van der Waals surface area (Å²) in [6.07, 6.45) is 9.82. The molecule has 0 radical (unpaired) electrons. The van der Waals surface area contributed by atoms with Gasteiger partial charge in [0.15, 0.2) is 11.9 Å². The quantitative estimate of drug-likeness (QED) is 0.325. The van der Waals surface area contributed by atoms with E-state index in [0.29, 0.717) is 17.9 Å². The summed E-state index contributed by atoms with van der Waals surface area (Å²) in [6.45, 7) is 13.2. The van der Waals surface area contributed by atoms with Crippen LogP contribution < -0.4 is 10.8 Å². The lowest BCUT2D eigenvalue weighted by atomic mass is 9.83. The number of oxazole rings is 1. The highest BCUT2D eigenvalue weighted by Crippen LogP contribution is 2.38. The molecule has 2 N–H and O–H groups in total. The van der Waals surface area contributed by atoms with Gasteiger partial charge in [0.05, 0.1) is 29.5 Å². The highest BCUT2D eigenvalue weighted by Gasteiger charge is 2.25. The van der Waals surface area contributed by atoms with Crippen LogP contribution in [0.4, 0.5) is 0 Å². The summed E-state index contributed by atoms with van der Waals surface area (Å²) in [7, 11) is 1.79. The Morgan fingerprint density at radius 1 is 1.19 bits per heavy atom. The first kappa shape index (κ1) is 25.1. The van der Waals surface area contributed by atoms with E-state index in [0.717, 1.165) is 71.3 Å². The Balaban J connectivity index is 1.45. The van der Waals surface area contributed by atoms with Crippen LogP contribution in [0.1, 0.15) is 79.5 Å². The number of pyridine rings is 2. The van der Waals surface area contributed by atoms with Gasteiger partial charge in [-0.05, 0) is 68.7 Å². The Hall–Kier alpha value is -3.52. The van der Waals surface area contributed by atoms with Crippen LogP contribution in [0.25, 0.3) is 22.3 Å². The van der Waals surface area contributed by atoms with Crippen LogP contribution in [0, 0.1) is 13.8 Å². The topological polar surface area (TPSA) is 96.4 Å². The van der Waals surface area contributed by atoms with Gasteiger partial charge in [-0.25, -0.2) is 9.66 Å². The van der Waals surface area contributed by atoms with Crippen LogP contribution in [-0.4, -0.2) is 39.4 Å². The average molecular weight is 500 g/mol. The van der Waals surface area contributed by atoms with Gasteiger partial charge < -0.3 is 14.7 Å². The van der Waals surface area contributed by atoms with E-state index in [1.54, 1.807) is 17.9 Å². The van der Waals surface area contributed by atoms with Gasteiger partial charge in [-0.1, -0.05) is 13.8 Å². The number of fused-ring (bicyclic) bond motifs is 1. The zero-order valence-electron chi connectivity index (χ0n) is 22.5. The van der Waals surface area contributed by atoms with Gasteiger partial charge in [0.2, 0.25) is 0 Å². The van der Waals surface area contributed by atoms with E-state index in [2.05, 4.69) is 71.9 Å². The second-order valence-corrected chi connectivity index (χ2v) is 10.4. The van der Waals surface area contributed by atoms with E-state index in [1.165, 1.54) is 23.2 Å². The van der Waals surface area contributed by atoms with E-state index in [1.807, 2.05) is 6.20 Å². The van der Waals surface area contributed by atoms with Crippen molar-refractivity contribution in [2.24, 2.45) is 10.1 Å². The molecule has 0 atom stereocenters. The molecule has 0 aromatic carbocycles. The molecular weight excluding hydrogens is 462 g/mol. The molecule has 4 heterocycles. The molecule has 0 amide bonds. The molecule has 0 bridgehead atoms. The Kier molecular flexibility index (Phi) is 7.11. The van der Waals surface area contributed by atoms with Crippen LogP contribution >= 0.6 is 0 Å². The molecule has 1 fully saturated rings. The van der Waals surface area contributed by atoms with E-state index < -0.39 is 0 Å². The monoisotopic (exact) mass is 499 g/mol. The fourth-order valence-electron chi connectivity index (χ4n) is 5.72. The van der Waals surface area contributed by atoms with Crippen molar-refractivity contribution in [3.63, 3.8) is 0 Å². The first-order valence-electron chi connectivity index (χ1n) is 13.2. The molecule has 0 aliphatic heterocycles. The van der Waals surface area contributed by atoms with Gasteiger partial charge in [0.1, 0.15) is 5.76 Å². The number of aromatic amines is 1. The Morgan fingerprint density at radius 3 is 2.62 bits per heavy atom. The minimum absolute atomic E-state index is 0.308. The van der Waals surface area contributed by atoms with Crippen LogP contribution in [0.2, 0.25) is 0 Å². The Labute approximate surface area is 218 Å². The average Bonchev–Trinajstić information content (AvgIpc) is 3.56. The number of hydrogen-bond acceptors (Lipinski definition) is 6. The molecule has 0 unspecified atom stereocenters. The Morgan fingerprint density at radius 2 is 1.97 bits per heavy atom. The van der Waals surface area contributed by atoms with Crippen LogP contribution in [-0.2, 0) is 6.54 Å². The third kappa shape index (κ3) is 4.78. The van der Waals surface area contributed by atoms with Crippen molar-refractivity contribution in [3.8, 4) is 11.3 Å². The molecule has 1 aliphatic carbocycles. The van der Waals surface area contributed by atoms with Gasteiger partial charge in [0, 0.05) is 48.7 Å². The maximum absolute atomic E-state index is 5.36. The van der Waals surface area contributed by atoms with Crippen molar-refractivity contribution in [2.45, 2.75) is 77.8 Å². The molecule has 8 heteroatoms. The van der Waals surface area contributed by atoms with Gasteiger partial charge in [0.25, 0.3) is 0 Å². The third-order valence-electron chi connectivity index (χ3n) is 7.88. The maximum atomic E-state index is 5.36. The highest BCUT2D eigenvalue weighted by molar-refractivity contribution is 5.89. The molecule has 1 saturated carbocycles. The zero-order valence-corrected chi connectivity index (χ0v) is 22.5. The van der Waals surface area contributed by atoms with E-state index >= 15 is 0 Å². The van der Waals surface area contributed by atoms with Gasteiger partial charge >= 0.3 is 0 Å². The van der Waals surface area contributed by atoms with Crippen molar-refractivity contribution in [1.82, 2.24) is 24.9 Å².